The fraction of sp³-hybridized carbons (Fsp3) is 0.429. The van der Waals surface area contributed by atoms with E-state index in [1.807, 2.05) is 35.4 Å². The van der Waals surface area contributed by atoms with Crippen molar-refractivity contribution in [2.75, 3.05) is 44.3 Å². The van der Waals surface area contributed by atoms with Crippen molar-refractivity contribution in [3.05, 3.63) is 24.3 Å². The second kappa shape index (κ2) is 7.33. The number of nitrogens with zero attached hydrogens (tertiary/aromatic N) is 2. The summed E-state index contributed by atoms with van der Waals surface area (Å²) in [6.45, 7) is 2.29. The largest absolute Gasteiger partial charge is 0.480 e. The van der Waals surface area contributed by atoms with Crippen LogP contribution in [-0.4, -0.2) is 65.9 Å². The number of aliphatic carboxylic acids is 1. The van der Waals surface area contributed by atoms with Gasteiger partial charge in [0, 0.05) is 36.8 Å². The number of urea groups is 1. The van der Waals surface area contributed by atoms with Gasteiger partial charge < -0.3 is 15.3 Å². The zero-order valence-electron chi connectivity index (χ0n) is 11.9. The van der Waals surface area contributed by atoms with Crippen molar-refractivity contribution < 1.29 is 14.7 Å². The average Bonchev–Trinajstić information content (AvgIpc) is 2.47. The lowest BCUT2D eigenvalue weighted by Crippen LogP contribution is -2.51. The molecule has 21 heavy (non-hydrogen) atoms. The minimum Gasteiger partial charge on any atom is -0.480 e. The van der Waals surface area contributed by atoms with Crippen molar-refractivity contribution in [2.45, 2.75) is 4.90 Å². The highest BCUT2D eigenvalue weighted by molar-refractivity contribution is 7.98. The Morgan fingerprint density at radius 1 is 1.29 bits per heavy atom. The number of carboxylic acid groups (broad SMARTS) is 1. The van der Waals surface area contributed by atoms with Gasteiger partial charge in [0.25, 0.3) is 0 Å². The highest BCUT2D eigenvalue weighted by Crippen LogP contribution is 2.19. The molecule has 2 N–H and O–H groups in total. The predicted octanol–water partition coefficient (Wildman–Crippen LogP) is 1.64. The Kier molecular flexibility index (Phi) is 5.46. The number of rotatable bonds is 4. The maximum absolute atomic E-state index is 12.2. The van der Waals surface area contributed by atoms with Crippen molar-refractivity contribution in [1.29, 1.82) is 0 Å². The van der Waals surface area contributed by atoms with Gasteiger partial charge >= 0.3 is 12.0 Å². The smallest absolute Gasteiger partial charge is 0.321 e. The van der Waals surface area contributed by atoms with Crippen LogP contribution in [0.1, 0.15) is 0 Å². The number of nitrogens with one attached hydrogen (secondary N) is 1. The summed E-state index contributed by atoms with van der Waals surface area (Å²) in [5.74, 6) is -0.832. The van der Waals surface area contributed by atoms with Gasteiger partial charge in [0.05, 0.1) is 6.54 Å². The first-order chi connectivity index (χ1) is 10.1. The molecule has 1 saturated heterocycles. The Balaban J connectivity index is 1.85. The van der Waals surface area contributed by atoms with Crippen LogP contribution in [-0.2, 0) is 4.79 Å². The quantitative estimate of drug-likeness (QED) is 0.827. The Morgan fingerprint density at radius 3 is 2.62 bits per heavy atom. The van der Waals surface area contributed by atoms with E-state index in [2.05, 4.69) is 5.32 Å². The van der Waals surface area contributed by atoms with Gasteiger partial charge in [0.1, 0.15) is 0 Å². The molecule has 0 unspecified atom stereocenters. The van der Waals surface area contributed by atoms with Crippen molar-refractivity contribution in [1.82, 2.24) is 9.80 Å². The van der Waals surface area contributed by atoms with Crippen LogP contribution in [0, 0.1) is 0 Å². The molecule has 0 aliphatic carbocycles. The van der Waals surface area contributed by atoms with Gasteiger partial charge in [-0.2, -0.15) is 0 Å². The van der Waals surface area contributed by atoms with E-state index in [9.17, 15) is 9.59 Å². The highest BCUT2D eigenvalue weighted by atomic mass is 32.2. The fourth-order valence-corrected chi connectivity index (χ4v) is 2.66. The monoisotopic (exact) mass is 309 g/mol. The molecule has 0 aromatic heterocycles. The zero-order chi connectivity index (χ0) is 15.2. The molecule has 2 amide bonds. The Bertz CT molecular complexity index is 516. The van der Waals surface area contributed by atoms with E-state index < -0.39 is 5.97 Å². The van der Waals surface area contributed by atoms with Crippen molar-refractivity contribution in [3.8, 4) is 0 Å². The number of piperazine rings is 1. The molecule has 6 nitrogen and oxygen atoms in total. The Morgan fingerprint density at radius 2 is 2.00 bits per heavy atom. The van der Waals surface area contributed by atoms with E-state index in [1.165, 1.54) is 0 Å². The summed E-state index contributed by atoms with van der Waals surface area (Å²) in [7, 11) is 0. The van der Waals surface area contributed by atoms with E-state index in [4.69, 9.17) is 5.11 Å². The number of carboxylic acids is 1. The lowest BCUT2D eigenvalue weighted by molar-refractivity contribution is -0.138. The molecular weight excluding hydrogens is 290 g/mol. The van der Waals surface area contributed by atoms with Gasteiger partial charge in [-0.05, 0) is 24.5 Å². The van der Waals surface area contributed by atoms with Crippen LogP contribution in [0.2, 0.25) is 0 Å². The van der Waals surface area contributed by atoms with E-state index in [1.54, 1.807) is 16.7 Å². The standard InChI is InChI=1S/C14H19N3O3S/c1-21-12-4-2-3-11(9-12)15-14(20)17-7-5-16(6-8-17)10-13(18)19/h2-4,9H,5-8,10H2,1H3,(H,15,20)(H,18,19). The summed E-state index contributed by atoms with van der Waals surface area (Å²) in [6.07, 6.45) is 1.99. The third-order valence-corrected chi connectivity index (χ3v) is 4.06. The Labute approximate surface area is 128 Å². The molecule has 7 heteroatoms. The van der Waals surface area contributed by atoms with Gasteiger partial charge in [-0.3, -0.25) is 9.69 Å². The van der Waals surface area contributed by atoms with Crippen LogP contribution < -0.4 is 5.32 Å². The van der Waals surface area contributed by atoms with Crippen LogP contribution in [0.25, 0.3) is 0 Å². The number of anilines is 1. The summed E-state index contributed by atoms with van der Waals surface area (Å²) in [5.41, 5.74) is 0.778. The van der Waals surface area contributed by atoms with Crippen molar-refractivity contribution in [2.24, 2.45) is 0 Å². The summed E-state index contributed by atoms with van der Waals surface area (Å²) >= 11 is 1.62. The van der Waals surface area contributed by atoms with Gasteiger partial charge in [-0.1, -0.05) is 6.07 Å². The first-order valence-corrected chi connectivity index (χ1v) is 7.95. The molecule has 114 valence electrons. The van der Waals surface area contributed by atoms with Crippen molar-refractivity contribution >= 4 is 29.4 Å². The molecule has 0 bridgehead atoms. The van der Waals surface area contributed by atoms with Gasteiger partial charge in [-0.25, -0.2) is 4.79 Å². The molecule has 1 aromatic rings. The first kappa shape index (κ1) is 15.7. The molecular formula is C14H19N3O3S. The van der Waals surface area contributed by atoms with Crippen LogP contribution in [0.4, 0.5) is 10.5 Å². The van der Waals surface area contributed by atoms with E-state index in [0.29, 0.717) is 26.2 Å². The molecule has 0 spiro atoms. The molecule has 1 aromatic carbocycles. The maximum Gasteiger partial charge on any atom is 0.321 e. The lowest BCUT2D eigenvalue weighted by atomic mass is 10.3. The third kappa shape index (κ3) is 4.64. The predicted molar refractivity (Wildman–Crippen MR) is 82.9 cm³/mol. The third-order valence-electron chi connectivity index (χ3n) is 3.34. The van der Waals surface area contributed by atoms with Crippen LogP contribution >= 0.6 is 11.8 Å². The molecule has 1 aliphatic heterocycles. The topological polar surface area (TPSA) is 72.9 Å². The molecule has 0 radical (unpaired) electrons. The molecule has 1 heterocycles. The van der Waals surface area contributed by atoms with Crippen LogP contribution in [0.3, 0.4) is 0 Å². The SMILES string of the molecule is CSc1cccc(NC(=O)N2CCN(CC(=O)O)CC2)c1. The Hall–Kier alpha value is -1.73. The van der Waals surface area contributed by atoms with E-state index in [0.717, 1.165) is 10.6 Å². The number of carbonyl (C=O) groups is 2. The maximum atomic E-state index is 12.2. The highest BCUT2D eigenvalue weighted by Gasteiger charge is 2.22. The molecule has 1 fully saturated rings. The number of thioether (sulfide) groups is 1. The summed E-state index contributed by atoms with van der Waals surface area (Å²) in [5, 5.41) is 11.6. The number of hydrogen-bond acceptors (Lipinski definition) is 4. The summed E-state index contributed by atoms with van der Waals surface area (Å²) < 4.78 is 0. The van der Waals surface area contributed by atoms with E-state index >= 15 is 0 Å². The minimum absolute atomic E-state index is 0.0330. The number of benzene rings is 1. The molecule has 0 saturated carbocycles. The number of amides is 2. The summed E-state index contributed by atoms with van der Waals surface area (Å²) in [6, 6.07) is 7.56. The van der Waals surface area contributed by atoms with Gasteiger partial charge in [0.15, 0.2) is 0 Å². The minimum atomic E-state index is -0.832. The average molecular weight is 309 g/mol. The second-order valence-electron chi connectivity index (χ2n) is 4.82. The van der Waals surface area contributed by atoms with Gasteiger partial charge in [0.2, 0.25) is 0 Å². The summed E-state index contributed by atoms with van der Waals surface area (Å²) in [4.78, 5) is 27.5. The first-order valence-electron chi connectivity index (χ1n) is 6.72. The molecule has 2 rings (SSSR count). The molecule has 0 atom stereocenters. The number of hydrogen-bond donors (Lipinski definition) is 2. The van der Waals surface area contributed by atoms with Crippen LogP contribution in [0.5, 0.6) is 0 Å². The normalized spacial score (nSPS) is 15.8. The number of carbonyl (C=O) groups excluding carboxylic acids is 1. The van der Waals surface area contributed by atoms with E-state index in [-0.39, 0.29) is 12.6 Å². The molecule has 1 aliphatic rings. The second-order valence-corrected chi connectivity index (χ2v) is 5.70. The fourth-order valence-electron chi connectivity index (χ4n) is 2.20. The van der Waals surface area contributed by atoms with Crippen molar-refractivity contribution in [3.63, 3.8) is 0 Å². The lowest BCUT2D eigenvalue weighted by Gasteiger charge is -2.33. The van der Waals surface area contributed by atoms with Gasteiger partial charge in [-0.15, -0.1) is 11.8 Å². The van der Waals surface area contributed by atoms with Crippen LogP contribution in [0.15, 0.2) is 29.2 Å². The zero-order valence-corrected chi connectivity index (χ0v) is 12.7.